The van der Waals surface area contributed by atoms with Crippen molar-refractivity contribution in [2.45, 2.75) is 39.2 Å². The number of rotatable bonds is 5. The number of anilines is 1. The minimum Gasteiger partial charge on any atom is -0.493 e. The molecule has 6 heteroatoms. The number of ether oxygens (including phenoxy) is 3. The van der Waals surface area contributed by atoms with Gasteiger partial charge in [0.05, 0.1) is 27.0 Å². The quantitative estimate of drug-likeness (QED) is 0.871. The molecule has 1 saturated carbocycles. The molecule has 0 saturated heterocycles. The Morgan fingerprint density at radius 2 is 1.74 bits per heavy atom. The van der Waals surface area contributed by atoms with Gasteiger partial charge in [-0.15, -0.1) is 0 Å². The number of carbonyl (C=O) groups excluding carboxylic acids is 1. The fourth-order valence-corrected chi connectivity index (χ4v) is 3.07. The van der Waals surface area contributed by atoms with Crippen molar-refractivity contribution >= 4 is 11.7 Å². The maximum absolute atomic E-state index is 12.2. The van der Waals surface area contributed by atoms with Crippen molar-refractivity contribution in [3.63, 3.8) is 0 Å². The smallest absolute Gasteiger partial charge is 0.319 e. The normalized spacial score (nSPS) is 19.1. The minimum atomic E-state index is -0.220. The molecule has 2 N–H and O–H groups in total. The van der Waals surface area contributed by atoms with Crippen molar-refractivity contribution in [2.75, 3.05) is 26.6 Å². The maximum Gasteiger partial charge on any atom is 0.319 e. The number of hydrogen-bond acceptors (Lipinski definition) is 4. The average molecular weight is 322 g/mol. The van der Waals surface area contributed by atoms with Gasteiger partial charge in [-0.2, -0.15) is 0 Å². The topological polar surface area (TPSA) is 68.8 Å². The van der Waals surface area contributed by atoms with Gasteiger partial charge in [-0.3, -0.25) is 0 Å². The van der Waals surface area contributed by atoms with Crippen molar-refractivity contribution in [3.8, 4) is 17.2 Å². The van der Waals surface area contributed by atoms with Gasteiger partial charge in [0.2, 0.25) is 5.75 Å². The molecule has 0 heterocycles. The van der Waals surface area contributed by atoms with Crippen molar-refractivity contribution in [3.05, 3.63) is 12.1 Å². The van der Waals surface area contributed by atoms with E-state index < -0.39 is 0 Å². The Bertz CT molecular complexity index is 547. The van der Waals surface area contributed by atoms with Crippen molar-refractivity contribution < 1.29 is 19.0 Å². The van der Waals surface area contributed by atoms with Gasteiger partial charge in [0.25, 0.3) is 0 Å². The monoisotopic (exact) mass is 322 g/mol. The first kappa shape index (κ1) is 17.2. The van der Waals surface area contributed by atoms with Crippen LogP contribution in [0.1, 0.15) is 33.1 Å². The SMILES string of the molecule is COc1cc(NC(=O)NC2CCC(C)(C)C2)cc(OC)c1OC. The highest BCUT2D eigenvalue weighted by molar-refractivity contribution is 5.90. The number of urea groups is 1. The highest BCUT2D eigenvalue weighted by Crippen LogP contribution is 2.40. The third-order valence-corrected chi connectivity index (χ3v) is 4.23. The molecule has 23 heavy (non-hydrogen) atoms. The standard InChI is InChI=1S/C17H26N2O4/c1-17(2)7-6-11(10-17)18-16(20)19-12-8-13(21-3)15(23-5)14(9-12)22-4/h8-9,11H,6-7,10H2,1-5H3,(H2,18,19,20). The van der Waals surface area contributed by atoms with Gasteiger partial charge in [0.1, 0.15) is 0 Å². The molecule has 0 spiro atoms. The first-order chi connectivity index (χ1) is 10.9. The predicted octanol–water partition coefficient (Wildman–Crippen LogP) is 3.41. The van der Waals surface area contributed by atoms with E-state index in [1.54, 1.807) is 33.5 Å². The zero-order chi connectivity index (χ0) is 17.0. The molecule has 2 amide bonds. The Hall–Kier alpha value is -2.11. The summed E-state index contributed by atoms with van der Waals surface area (Å²) in [6, 6.07) is 3.41. The molecule has 1 aliphatic rings. The maximum atomic E-state index is 12.2. The predicted molar refractivity (Wildman–Crippen MR) is 89.7 cm³/mol. The van der Waals surface area contributed by atoms with E-state index in [1.165, 1.54) is 0 Å². The zero-order valence-corrected chi connectivity index (χ0v) is 14.5. The molecule has 1 aliphatic carbocycles. The van der Waals surface area contributed by atoms with Gasteiger partial charge in [0.15, 0.2) is 11.5 Å². The zero-order valence-electron chi connectivity index (χ0n) is 14.5. The Balaban J connectivity index is 2.06. The van der Waals surface area contributed by atoms with Crippen LogP contribution in [0.5, 0.6) is 17.2 Å². The number of hydrogen-bond donors (Lipinski definition) is 2. The largest absolute Gasteiger partial charge is 0.493 e. The van der Waals surface area contributed by atoms with E-state index in [0.29, 0.717) is 28.4 Å². The van der Waals surface area contributed by atoms with Crippen LogP contribution in [0.4, 0.5) is 10.5 Å². The summed E-state index contributed by atoms with van der Waals surface area (Å²) in [6.07, 6.45) is 3.13. The van der Waals surface area contributed by atoms with Crippen LogP contribution in [-0.4, -0.2) is 33.4 Å². The third kappa shape index (κ3) is 4.21. The van der Waals surface area contributed by atoms with Crippen LogP contribution in [0.15, 0.2) is 12.1 Å². The summed E-state index contributed by atoms with van der Waals surface area (Å²) < 4.78 is 15.8. The second kappa shape index (κ2) is 6.98. The molecule has 1 unspecified atom stereocenters. The minimum absolute atomic E-state index is 0.215. The summed E-state index contributed by atoms with van der Waals surface area (Å²) in [5.41, 5.74) is 0.888. The lowest BCUT2D eigenvalue weighted by Gasteiger charge is -2.18. The summed E-state index contributed by atoms with van der Waals surface area (Å²) in [6.45, 7) is 4.46. The number of benzene rings is 1. The molecule has 0 aromatic heterocycles. The number of methoxy groups -OCH3 is 3. The molecule has 0 aliphatic heterocycles. The van der Waals surface area contributed by atoms with Gasteiger partial charge >= 0.3 is 6.03 Å². The highest BCUT2D eigenvalue weighted by atomic mass is 16.5. The Kier molecular flexibility index (Phi) is 5.23. The number of amides is 2. The van der Waals surface area contributed by atoms with E-state index in [4.69, 9.17) is 14.2 Å². The fourth-order valence-electron chi connectivity index (χ4n) is 3.07. The molecule has 1 aromatic rings. The van der Waals surface area contributed by atoms with Crippen LogP contribution in [0.2, 0.25) is 0 Å². The average Bonchev–Trinajstić information content (AvgIpc) is 2.84. The van der Waals surface area contributed by atoms with Crippen LogP contribution >= 0.6 is 0 Å². The lowest BCUT2D eigenvalue weighted by Crippen LogP contribution is -2.36. The molecular weight excluding hydrogens is 296 g/mol. The summed E-state index contributed by atoms with van der Waals surface area (Å²) in [4.78, 5) is 12.2. The summed E-state index contributed by atoms with van der Waals surface area (Å²) in [7, 11) is 4.63. The second-order valence-electron chi connectivity index (χ2n) is 6.62. The van der Waals surface area contributed by atoms with E-state index in [1.807, 2.05) is 0 Å². The molecule has 0 radical (unpaired) electrons. The van der Waals surface area contributed by atoms with Crippen molar-refractivity contribution in [1.82, 2.24) is 5.32 Å². The third-order valence-electron chi connectivity index (χ3n) is 4.23. The van der Waals surface area contributed by atoms with E-state index in [2.05, 4.69) is 24.5 Å². The van der Waals surface area contributed by atoms with Crippen LogP contribution in [0.25, 0.3) is 0 Å². The lowest BCUT2D eigenvalue weighted by atomic mass is 9.92. The summed E-state index contributed by atoms with van der Waals surface area (Å²) in [5.74, 6) is 1.51. The van der Waals surface area contributed by atoms with Gasteiger partial charge < -0.3 is 24.8 Å². The summed E-state index contributed by atoms with van der Waals surface area (Å²) in [5, 5.41) is 5.85. The van der Waals surface area contributed by atoms with E-state index >= 15 is 0 Å². The fraction of sp³-hybridized carbons (Fsp3) is 0.588. The van der Waals surface area contributed by atoms with Crippen LogP contribution in [-0.2, 0) is 0 Å². The molecule has 1 fully saturated rings. The van der Waals surface area contributed by atoms with Crippen LogP contribution in [0, 0.1) is 5.41 Å². The Labute approximate surface area is 137 Å². The van der Waals surface area contributed by atoms with Gasteiger partial charge in [-0.25, -0.2) is 4.79 Å². The first-order valence-corrected chi connectivity index (χ1v) is 7.76. The molecule has 1 atom stereocenters. The van der Waals surface area contributed by atoms with Gasteiger partial charge in [0, 0.05) is 18.2 Å². The second-order valence-corrected chi connectivity index (χ2v) is 6.62. The first-order valence-electron chi connectivity index (χ1n) is 7.76. The molecular formula is C17H26N2O4. The molecule has 128 valence electrons. The molecule has 6 nitrogen and oxygen atoms in total. The van der Waals surface area contributed by atoms with Gasteiger partial charge in [-0.1, -0.05) is 13.8 Å². The Morgan fingerprint density at radius 1 is 1.13 bits per heavy atom. The van der Waals surface area contributed by atoms with Crippen LogP contribution in [0.3, 0.4) is 0 Å². The highest BCUT2D eigenvalue weighted by Gasteiger charge is 2.31. The van der Waals surface area contributed by atoms with E-state index in [0.717, 1.165) is 19.3 Å². The number of carbonyl (C=O) groups is 1. The van der Waals surface area contributed by atoms with Gasteiger partial charge in [-0.05, 0) is 24.7 Å². The van der Waals surface area contributed by atoms with Crippen molar-refractivity contribution in [1.29, 1.82) is 0 Å². The van der Waals surface area contributed by atoms with Crippen molar-refractivity contribution in [2.24, 2.45) is 5.41 Å². The molecule has 2 rings (SSSR count). The Morgan fingerprint density at radius 3 is 2.17 bits per heavy atom. The van der Waals surface area contributed by atoms with E-state index in [9.17, 15) is 4.79 Å². The summed E-state index contributed by atoms with van der Waals surface area (Å²) >= 11 is 0. The van der Waals surface area contributed by atoms with E-state index in [-0.39, 0.29) is 12.1 Å². The lowest BCUT2D eigenvalue weighted by molar-refractivity contribution is 0.247. The molecule has 0 bridgehead atoms. The van der Waals surface area contributed by atoms with Crippen LogP contribution < -0.4 is 24.8 Å². The number of nitrogens with one attached hydrogen (secondary N) is 2. The molecule has 1 aromatic carbocycles.